The molecule has 2 atom stereocenters. The lowest BCUT2D eigenvalue weighted by molar-refractivity contribution is 0.0595. The molecule has 17 heavy (non-hydrogen) atoms. The molecule has 94 valence electrons. The molecule has 0 bridgehead atoms. The smallest absolute Gasteiger partial charge is 0.125 e. The van der Waals surface area contributed by atoms with Gasteiger partial charge in [0.25, 0.3) is 0 Å². The summed E-state index contributed by atoms with van der Waals surface area (Å²) in [5.74, 6) is 0.910. The Labute approximate surface area is 103 Å². The maximum Gasteiger partial charge on any atom is 0.125 e. The van der Waals surface area contributed by atoms with Gasteiger partial charge in [0.2, 0.25) is 0 Å². The second-order valence-electron chi connectivity index (χ2n) is 4.92. The van der Waals surface area contributed by atoms with Gasteiger partial charge in [-0.25, -0.2) is 0 Å². The molecular formula is C14H21NO2. The van der Waals surface area contributed by atoms with E-state index in [0.29, 0.717) is 6.54 Å². The molecule has 0 spiro atoms. The Bertz CT molecular complexity index is 380. The second-order valence-corrected chi connectivity index (χ2v) is 4.92. The lowest BCUT2D eigenvalue weighted by Crippen LogP contribution is -2.26. The Morgan fingerprint density at radius 2 is 1.94 bits per heavy atom. The van der Waals surface area contributed by atoms with Crippen LogP contribution in [0.1, 0.15) is 36.0 Å². The number of aliphatic hydroxyl groups is 1. The number of nitrogens with two attached hydrogens (primary N) is 1. The molecule has 0 aliphatic heterocycles. The summed E-state index contributed by atoms with van der Waals surface area (Å²) in [7, 11) is 0. The summed E-state index contributed by atoms with van der Waals surface area (Å²) in [6.07, 6.45) is 2.48. The van der Waals surface area contributed by atoms with Gasteiger partial charge in [0.1, 0.15) is 11.9 Å². The summed E-state index contributed by atoms with van der Waals surface area (Å²) in [5.41, 5.74) is 8.97. The first kappa shape index (κ1) is 12.4. The van der Waals surface area contributed by atoms with Crippen LogP contribution in [0, 0.1) is 13.8 Å². The molecule has 3 heteroatoms. The van der Waals surface area contributed by atoms with Crippen LogP contribution in [-0.2, 0) is 6.54 Å². The maximum absolute atomic E-state index is 9.79. The van der Waals surface area contributed by atoms with E-state index in [4.69, 9.17) is 10.5 Å². The molecule has 2 unspecified atom stereocenters. The van der Waals surface area contributed by atoms with Crippen molar-refractivity contribution in [2.24, 2.45) is 5.73 Å². The summed E-state index contributed by atoms with van der Waals surface area (Å²) in [6, 6.07) is 4.12. The van der Waals surface area contributed by atoms with Crippen molar-refractivity contribution in [3.8, 4) is 5.75 Å². The number of aliphatic hydroxyl groups excluding tert-OH is 1. The highest BCUT2D eigenvalue weighted by Crippen LogP contribution is 2.30. The highest BCUT2D eigenvalue weighted by atomic mass is 16.5. The van der Waals surface area contributed by atoms with E-state index in [9.17, 15) is 5.11 Å². The van der Waals surface area contributed by atoms with Crippen LogP contribution in [0.2, 0.25) is 0 Å². The fourth-order valence-corrected chi connectivity index (χ4v) is 2.54. The minimum Gasteiger partial charge on any atom is -0.487 e. The summed E-state index contributed by atoms with van der Waals surface area (Å²) in [6.45, 7) is 4.61. The largest absolute Gasteiger partial charge is 0.487 e. The zero-order chi connectivity index (χ0) is 12.4. The predicted octanol–water partition coefficient (Wildman–Crippen LogP) is 2.05. The number of ether oxygens (including phenoxy) is 1. The quantitative estimate of drug-likeness (QED) is 0.843. The van der Waals surface area contributed by atoms with Crippen molar-refractivity contribution < 1.29 is 9.84 Å². The Morgan fingerprint density at radius 3 is 2.41 bits per heavy atom. The average Bonchev–Trinajstić information content (AvgIpc) is 2.69. The molecule has 0 radical (unpaired) electrons. The number of benzene rings is 1. The van der Waals surface area contributed by atoms with Gasteiger partial charge in [-0.3, -0.25) is 0 Å². The van der Waals surface area contributed by atoms with Gasteiger partial charge < -0.3 is 15.6 Å². The fraction of sp³-hybridized carbons (Fsp3) is 0.571. The standard InChI is InChI=1S/C14H21NO2/c1-9-6-11(8-15)7-10(2)14(9)17-13-5-3-4-12(13)16/h6-7,12-13,16H,3-5,8,15H2,1-2H3. The lowest BCUT2D eigenvalue weighted by atomic mass is 10.1. The minimum absolute atomic E-state index is 0.0453. The molecule has 1 fully saturated rings. The van der Waals surface area contributed by atoms with E-state index >= 15 is 0 Å². The predicted molar refractivity (Wildman–Crippen MR) is 68.1 cm³/mol. The first-order valence-electron chi connectivity index (χ1n) is 6.26. The molecule has 3 nitrogen and oxygen atoms in total. The van der Waals surface area contributed by atoms with E-state index in [0.717, 1.165) is 41.7 Å². The monoisotopic (exact) mass is 235 g/mol. The molecule has 1 aromatic carbocycles. The van der Waals surface area contributed by atoms with Gasteiger partial charge >= 0.3 is 0 Å². The summed E-state index contributed by atoms with van der Waals surface area (Å²) >= 11 is 0. The van der Waals surface area contributed by atoms with Crippen molar-refractivity contribution in [3.05, 3.63) is 28.8 Å². The van der Waals surface area contributed by atoms with Crippen LogP contribution in [0.15, 0.2) is 12.1 Å². The van der Waals surface area contributed by atoms with E-state index in [1.807, 2.05) is 13.8 Å². The number of hydrogen-bond acceptors (Lipinski definition) is 3. The van der Waals surface area contributed by atoms with Crippen LogP contribution in [-0.4, -0.2) is 17.3 Å². The molecule has 0 aromatic heterocycles. The molecule has 2 rings (SSSR count). The number of hydrogen-bond donors (Lipinski definition) is 2. The van der Waals surface area contributed by atoms with Gasteiger partial charge in [-0.05, 0) is 49.8 Å². The first-order chi connectivity index (χ1) is 8.11. The lowest BCUT2D eigenvalue weighted by Gasteiger charge is -2.21. The first-order valence-corrected chi connectivity index (χ1v) is 6.26. The van der Waals surface area contributed by atoms with Gasteiger partial charge in [-0.15, -0.1) is 0 Å². The van der Waals surface area contributed by atoms with Gasteiger partial charge in [0, 0.05) is 6.54 Å². The highest BCUT2D eigenvalue weighted by molar-refractivity contribution is 5.43. The Hall–Kier alpha value is -1.06. The maximum atomic E-state index is 9.79. The normalized spacial score (nSPS) is 24.0. The van der Waals surface area contributed by atoms with Crippen molar-refractivity contribution in [1.29, 1.82) is 0 Å². The van der Waals surface area contributed by atoms with Crippen molar-refractivity contribution in [3.63, 3.8) is 0 Å². The van der Waals surface area contributed by atoms with Gasteiger partial charge in [-0.2, -0.15) is 0 Å². The average molecular weight is 235 g/mol. The zero-order valence-electron chi connectivity index (χ0n) is 10.6. The van der Waals surface area contributed by atoms with Gasteiger partial charge in [0.15, 0.2) is 0 Å². The molecule has 3 N–H and O–H groups in total. The fourth-order valence-electron chi connectivity index (χ4n) is 2.54. The number of rotatable bonds is 3. The van der Waals surface area contributed by atoms with Crippen LogP contribution in [0.3, 0.4) is 0 Å². The summed E-state index contributed by atoms with van der Waals surface area (Å²) < 4.78 is 5.96. The molecule has 0 heterocycles. The van der Waals surface area contributed by atoms with Crippen LogP contribution >= 0.6 is 0 Å². The molecule has 1 aromatic rings. The Morgan fingerprint density at radius 1 is 1.29 bits per heavy atom. The van der Waals surface area contributed by atoms with E-state index in [1.165, 1.54) is 0 Å². The second kappa shape index (κ2) is 5.07. The summed E-state index contributed by atoms with van der Waals surface area (Å²) in [5, 5.41) is 9.79. The van der Waals surface area contributed by atoms with Crippen molar-refractivity contribution >= 4 is 0 Å². The third-order valence-electron chi connectivity index (χ3n) is 3.44. The molecule has 0 amide bonds. The van der Waals surface area contributed by atoms with Crippen molar-refractivity contribution in [2.75, 3.05) is 0 Å². The van der Waals surface area contributed by atoms with Crippen LogP contribution in [0.25, 0.3) is 0 Å². The topological polar surface area (TPSA) is 55.5 Å². The van der Waals surface area contributed by atoms with E-state index < -0.39 is 0 Å². The molecule has 1 aliphatic carbocycles. The van der Waals surface area contributed by atoms with Crippen molar-refractivity contribution in [2.45, 2.75) is 51.9 Å². The third-order valence-corrected chi connectivity index (χ3v) is 3.44. The van der Waals surface area contributed by atoms with E-state index in [-0.39, 0.29) is 12.2 Å². The van der Waals surface area contributed by atoms with E-state index in [1.54, 1.807) is 0 Å². The third kappa shape index (κ3) is 2.61. The number of aryl methyl sites for hydroxylation is 2. The van der Waals surface area contributed by atoms with Gasteiger partial charge in [0.05, 0.1) is 6.10 Å². The highest BCUT2D eigenvalue weighted by Gasteiger charge is 2.27. The Kier molecular flexibility index (Phi) is 3.69. The van der Waals surface area contributed by atoms with Crippen LogP contribution < -0.4 is 10.5 Å². The van der Waals surface area contributed by atoms with E-state index in [2.05, 4.69) is 12.1 Å². The SMILES string of the molecule is Cc1cc(CN)cc(C)c1OC1CCCC1O. The molecular weight excluding hydrogens is 214 g/mol. The van der Waals surface area contributed by atoms with Gasteiger partial charge in [-0.1, -0.05) is 12.1 Å². The van der Waals surface area contributed by atoms with Crippen LogP contribution in [0.5, 0.6) is 5.75 Å². The van der Waals surface area contributed by atoms with Crippen LogP contribution in [0.4, 0.5) is 0 Å². The minimum atomic E-state index is -0.317. The molecule has 0 saturated heterocycles. The zero-order valence-corrected chi connectivity index (χ0v) is 10.6. The van der Waals surface area contributed by atoms with Crippen molar-refractivity contribution in [1.82, 2.24) is 0 Å². The Balaban J connectivity index is 2.20. The summed E-state index contributed by atoms with van der Waals surface area (Å²) in [4.78, 5) is 0. The molecule has 1 saturated carbocycles. The molecule has 1 aliphatic rings.